The largest absolute Gasteiger partial charge is 0.396 e. The van der Waals surface area contributed by atoms with Gasteiger partial charge in [0.25, 0.3) is 0 Å². The minimum atomic E-state index is 0.316. The highest BCUT2D eigenvalue weighted by molar-refractivity contribution is 4.93. The van der Waals surface area contributed by atoms with Gasteiger partial charge < -0.3 is 5.11 Å². The topological polar surface area (TPSA) is 20.2 Å². The fraction of sp³-hybridized carbons (Fsp3) is 0.818. The third-order valence-corrected chi connectivity index (χ3v) is 2.70. The number of allylic oxidation sites excluding steroid dienone is 2. The first-order valence-corrected chi connectivity index (χ1v) is 5.12. The van der Waals surface area contributed by atoms with Gasteiger partial charge in [0, 0.05) is 6.61 Å². The molecule has 1 heteroatoms. The van der Waals surface area contributed by atoms with Crippen LogP contribution in [0.2, 0.25) is 0 Å². The maximum Gasteiger partial charge on any atom is 0.0436 e. The van der Waals surface area contributed by atoms with Crippen LogP contribution in [0.3, 0.4) is 0 Å². The van der Waals surface area contributed by atoms with Gasteiger partial charge in [-0.3, -0.25) is 0 Å². The van der Waals surface area contributed by atoms with Crippen molar-refractivity contribution in [3.8, 4) is 0 Å². The summed E-state index contributed by atoms with van der Waals surface area (Å²) in [5, 5.41) is 8.69. The Labute approximate surface area is 75.5 Å². The molecule has 0 aromatic heterocycles. The summed E-state index contributed by atoms with van der Waals surface area (Å²) in [5.41, 5.74) is 0. The molecule has 0 aromatic rings. The molecule has 0 radical (unpaired) electrons. The lowest BCUT2D eigenvalue weighted by atomic mass is 10.0. The van der Waals surface area contributed by atoms with Gasteiger partial charge in [0.05, 0.1) is 0 Å². The van der Waals surface area contributed by atoms with Crippen LogP contribution in [-0.4, -0.2) is 11.7 Å². The summed E-state index contributed by atoms with van der Waals surface area (Å²) in [7, 11) is 0. The van der Waals surface area contributed by atoms with E-state index in [4.69, 9.17) is 5.11 Å². The van der Waals surface area contributed by atoms with Gasteiger partial charge in [-0.15, -0.1) is 0 Å². The average Bonchev–Trinajstić information content (AvgIpc) is 2.53. The van der Waals surface area contributed by atoms with E-state index in [1.165, 1.54) is 25.7 Å². The predicted molar refractivity (Wildman–Crippen MR) is 52.0 cm³/mol. The monoisotopic (exact) mass is 168 g/mol. The molecule has 0 spiro atoms. The van der Waals surface area contributed by atoms with Crippen LogP contribution in [0, 0.1) is 11.8 Å². The summed E-state index contributed by atoms with van der Waals surface area (Å²) in [5.74, 6) is 1.39. The van der Waals surface area contributed by atoms with Crippen LogP contribution in [0.4, 0.5) is 0 Å². The summed E-state index contributed by atoms with van der Waals surface area (Å²) < 4.78 is 0. The zero-order valence-corrected chi connectivity index (χ0v) is 8.00. The molecule has 1 aliphatic rings. The second kappa shape index (κ2) is 5.36. The number of rotatable bonds is 4. The van der Waals surface area contributed by atoms with Gasteiger partial charge >= 0.3 is 0 Å². The molecule has 0 bridgehead atoms. The number of hydrogen-bond donors (Lipinski definition) is 1. The SMILES string of the molecule is CC(C=CC1CCCC1)CCO. The van der Waals surface area contributed by atoms with Gasteiger partial charge in [-0.25, -0.2) is 0 Å². The molecule has 70 valence electrons. The highest BCUT2D eigenvalue weighted by Gasteiger charge is 2.11. The van der Waals surface area contributed by atoms with Crippen molar-refractivity contribution >= 4 is 0 Å². The minimum absolute atomic E-state index is 0.316. The van der Waals surface area contributed by atoms with Crippen LogP contribution >= 0.6 is 0 Å². The third-order valence-electron chi connectivity index (χ3n) is 2.70. The lowest BCUT2D eigenvalue weighted by Crippen LogP contribution is -1.95. The van der Waals surface area contributed by atoms with Crippen molar-refractivity contribution in [3.63, 3.8) is 0 Å². The molecule has 0 saturated heterocycles. The Hall–Kier alpha value is -0.300. The standard InChI is InChI=1S/C11H20O/c1-10(8-9-12)6-7-11-4-2-3-5-11/h6-7,10-12H,2-5,8-9H2,1H3. The van der Waals surface area contributed by atoms with E-state index in [9.17, 15) is 0 Å². The van der Waals surface area contributed by atoms with Crippen LogP contribution in [0.15, 0.2) is 12.2 Å². The smallest absolute Gasteiger partial charge is 0.0436 e. The van der Waals surface area contributed by atoms with Gasteiger partial charge in [-0.2, -0.15) is 0 Å². The Morgan fingerprint density at radius 1 is 1.42 bits per heavy atom. The molecule has 1 unspecified atom stereocenters. The lowest BCUT2D eigenvalue weighted by molar-refractivity contribution is 0.274. The summed E-state index contributed by atoms with van der Waals surface area (Å²) in [6, 6.07) is 0. The third kappa shape index (κ3) is 3.40. The Morgan fingerprint density at radius 2 is 2.08 bits per heavy atom. The van der Waals surface area contributed by atoms with E-state index < -0.39 is 0 Å². The van der Waals surface area contributed by atoms with E-state index in [-0.39, 0.29) is 0 Å². The molecule has 1 nitrogen and oxygen atoms in total. The van der Waals surface area contributed by atoms with Gasteiger partial charge in [0.15, 0.2) is 0 Å². The molecule has 1 N–H and O–H groups in total. The Morgan fingerprint density at radius 3 is 2.67 bits per heavy atom. The molecular formula is C11H20O. The van der Waals surface area contributed by atoms with Gasteiger partial charge in [-0.05, 0) is 31.1 Å². The maximum atomic E-state index is 8.69. The van der Waals surface area contributed by atoms with Crippen LogP contribution in [0.5, 0.6) is 0 Å². The van der Waals surface area contributed by atoms with Gasteiger partial charge in [0.1, 0.15) is 0 Å². The van der Waals surface area contributed by atoms with E-state index in [1.807, 2.05) is 0 Å². The van der Waals surface area contributed by atoms with Crippen molar-refractivity contribution < 1.29 is 5.11 Å². The van der Waals surface area contributed by atoms with Crippen LogP contribution in [0.1, 0.15) is 39.0 Å². The van der Waals surface area contributed by atoms with Gasteiger partial charge in [-0.1, -0.05) is 31.9 Å². The molecule has 1 fully saturated rings. The van der Waals surface area contributed by atoms with Crippen LogP contribution in [0.25, 0.3) is 0 Å². The molecule has 1 rings (SSSR count). The fourth-order valence-electron chi connectivity index (χ4n) is 1.80. The molecule has 1 atom stereocenters. The Kier molecular flexibility index (Phi) is 4.37. The number of aliphatic hydroxyl groups excluding tert-OH is 1. The highest BCUT2D eigenvalue weighted by atomic mass is 16.2. The first kappa shape index (κ1) is 9.79. The number of hydrogen-bond acceptors (Lipinski definition) is 1. The van der Waals surface area contributed by atoms with Gasteiger partial charge in [0.2, 0.25) is 0 Å². The first-order chi connectivity index (χ1) is 5.83. The molecular weight excluding hydrogens is 148 g/mol. The van der Waals surface area contributed by atoms with E-state index in [2.05, 4.69) is 19.1 Å². The molecule has 12 heavy (non-hydrogen) atoms. The van der Waals surface area contributed by atoms with E-state index in [1.54, 1.807) is 0 Å². The first-order valence-electron chi connectivity index (χ1n) is 5.12. The molecule has 0 aromatic carbocycles. The molecule has 0 heterocycles. The second-order valence-electron chi connectivity index (χ2n) is 3.92. The van der Waals surface area contributed by atoms with Crippen molar-refractivity contribution in [1.29, 1.82) is 0 Å². The van der Waals surface area contributed by atoms with Crippen LogP contribution < -0.4 is 0 Å². The quantitative estimate of drug-likeness (QED) is 0.640. The molecule has 0 aliphatic heterocycles. The summed E-state index contributed by atoms with van der Waals surface area (Å²) in [4.78, 5) is 0. The van der Waals surface area contributed by atoms with Crippen molar-refractivity contribution in [2.75, 3.05) is 6.61 Å². The van der Waals surface area contributed by atoms with Crippen molar-refractivity contribution in [2.45, 2.75) is 39.0 Å². The average molecular weight is 168 g/mol. The van der Waals surface area contributed by atoms with Crippen molar-refractivity contribution in [3.05, 3.63) is 12.2 Å². The minimum Gasteiger partial charge on any atom is -0.396 e. The molecule has 1 saturated carbocycles. The lowest BCUT2D eigenvalue weighted by Gasteiger charge is -2.04. The highest BCUT2D eigenvalue weighted by Crippen LogP contribution is 2.26. The summed E-state index contributed by atoms with van der Waals surface area (Å²) in [6.07, 6.45) is 11.1. The van der Waals surface area contributed by atoms with E-state index in [0.717, 1.165) is 12.3 Å². The van der Waals surface area contributed by atoms with E-state index in [0.29, 0.717) is 12.5 Å². The normalized spacial score (nSPS) is 22.2. The number of aliphatic hydroxyl groups is 1. The van der Waals surface area contributed by atoms with Crippen molar-refractivity contribution in [1.82, 2.24) is 0 Å². The van der Waals surface area contributed by atoms with Crippen molar-refractivity contribution in [2.24, 2.45) is 11.8 Å². The Bertz CT molecular complexity index is 134. The van der Waals surface area contributed by atoms with Crippen LogP contribution in [-0.2, 0) is 0 Å². The molecule has 0 amide bonds. The Balaban J connectivity index is 2.18. The summed E-state index contributed by atoms with van der Waals surface area (Å²) in [6.45, 7) is 2.48. The fourth-order valence-corrected chi connectivity index (χ4v) is 1.80. The maximum absolute atomic E-state index is 8.69. The predicted octanol–water partition coefficient (Wildman–Crippen LogP) is 2.75. The zero-order valence-electron chi connectivity index (χ0n) is 8.00. The zero-order chi connectivity index (χ0) is 8.81. The van der Waals surface area contributed by atoms with E-state index >= 15 is 0 Å². The molecule has 1 aliphatic carbocycles. The second-order valence-corrected chi connectivity index (χ2v) is 3.92. The summed E-state index contributed by atoms with van der Waals surface area (Å²) >= 11 is 0.